The highest BCUT2D eigenvalue weighted by Crippen LogP contribution is 2.28. The number of aryl methyl sites for hydroxylation is 1. The van der Waals surface area contributed by atoms with E-state index in [9.17, 15) is 10.1 Å². The summed E-state index contributed by atoms with van der Waals surface area (Å²) in [7, 11) is 0. The van der Waals surface area contributed by atoms with Gasteiger partial charge >= 0.3 is 5.69 Å². The van der Waals surface area contributed by atoms with Gasteiger partial charge in [-0.2, -0.15) is 0 Å². The summed E-state index contributed by atoms with van der Waals surface area (Å²) in [4.78, 5) is 10.5. The van der Waals surface area contributed by atoms with Crippen LogP contribution in [0, 0.1) is 17.0 Å². The number of nitrogens with one attached hydrogen (secondary N) is 1. The van der Waals surface area contributed by atoms with Crippen molar-refractivity contribution in [2.75, 3.05) is 13.2 Å². The monoisotopic (exact) mass is 250 g/mol. The standard InChI is InChI=1S/C13H18N2O3/c1-10-5-6-12(15(16)17)13(8-10)18-9-11-4-2-3-7-14-11/h5-6,8,11,14H,2-4,7,9H2,1H3. The van der Waals surface area contributed by atoms with Gasteiger partial charge in [0.2, 0.25) is 0 Å². The zero-order valence-electron chi connectivity index (χ0n) is 10.5. The molecule has 5 heteroatoms. The van der Waals surface area contributed by atoms with Crippen LogP contribution in [0.25, 0.3) is 0 Å². The van der Waals surface area contributed by atoms with E-state index in [0.717, 1.165) is 18.5 Å². The highest BCUT2D eigenvalue weighted by Gasteiger charge is 2.18. The van der Waals surface area contributed by atoms with Crippen LogP contribution in [0.15, 0.2) is 18.2 Å². The second kappa shape index (κ2) is 5.82. The first-order chi connectivity index (χ1) is 8.66. The molecule has 1 fully saturated rings. The molecule has 1 atom stereocenters. The summed E-state index contributed by atoms with van der Waals surface area (Å²) in [5, 5.41) is 14.3. The largest absolute Gasteiger partial charge is 0.485 e. The van der Waals surface area contributed by atoms with Gasteiger partial charge in [0, 0.05) is 12.1 Å². The summed E-state index contributed by atoms with van der Waals surface area (Å²) in [5.41, 5.74) is 1.00. The van der Waals surface area contributed by atoms with E-state index in [4.69, 9.17) is 4.74 Å². The second-order valence-electron chi connectivity index (χ2n) is 4.69. The molecule has 1 aliphatic heterocycles. The Kier molecular flexibility index (Phi) is 4.15. The van der Waals surface area contributed by atoms with Crippen molar-refractivity contribution >= 4 is 5.69 Å². The van der Waals surface area contributed by atoms with Crippen LogP contribution in [0.5, 0.6) is 5.75 Å². The van der Waals surface area contributed by atoms with E-state index in [2.05, 4.69) is 5.32 Å². The van der Waals surface area contributed by atoms with Gasteiger partial charge in [0.05, 0.1) is 4.92 Å². The van der Waals surface area contributed by atoms with Crippen molar-refractivity contribution in [1.29, 1.82) is 0 Å². The first-order valence-electron chi connectivity index (χ1n) is 6.28. The summed E-state index contributed by atoms with van der Waals surface area (Å²) in [6.07, 6.45) is 3.46. The van der Waals surface area contributed by atoms with Crippen LogP contribution in [-0.2, 0) is 0 Å². The lowest BCUT2D eigenvalue weighted by Gasteiger charge is -2.23. The highest BCUT2D eigenvalue weighted by molar-refractivity contribution is 5.48. The predicted molar refractivity (Wildman–Crippen MR) is 69.0 cm³/mol. The lowest BCUT2D eigenvalue weighted by atomic mass is 10.1. The van der Waals surface area contributed by atoms with Gasteiger partial charge in [-0.3, -0.25) is 10.1 Å². The quantitative estimate of drug-likeness (QED) is 0.658. The van der Waals surface area contributed by atoms with Crippen molar-refractivity contribution in [2.45, 2.75) is 32.2 Å². The maximum Gasteiger partial charge on any atom is 0.310 e. The molecule has 1 N–H and O–H groups in total. The van der Waals surface area contributed by atoms with Crippen LogP contribution in [0.2, 0.25) is 0 Å². The molecule has 0 aromatic heterocycles. The highest BCUT2D eigenvalue weighted by atomic mass is 16.6. The summed E-state index contributed by atoms with van der Waals surface area (Å²) in [6.45, 7) is 3.39. The molecular weight excluding hydrogens is 232 g/mol. The fourth-order valence-electron chi connectivity index (χ4n) is 2.14. The van der Waals surface area contributed by atoms with Crippen LogP contribution in [0.3, 0.4) is 0 Å². The zero-order chi connectivity index (χ0) is 13.0. The molecule has 98 valence electrons. The maximum atomic E-state index is 10.9. The molecule has 0 spiro atoms. The fourth-order valence-corrected chi connectivity index (χ4v) is 2.14. The van der Waals surface area contributed by atoms with Crippen molar-refractivity contribution in [3.05, 3.63) is 33.9 Å². The fraction of sp³-hybridized carbons (Fsp3) is 0.538. The minimum absolute atomic E-state index is 0.0383. The predicted octanol–water partition coefficient (Wildman–Crippen LogP) is 2.42. The second-order valence-corrected chi connectivity index (χ2v) is 4.69. The third-order valence-electron chi connectivity index (χ3n) is 3.16. The van der Waals surface area contributed by atoms with Crippen molar-refractivity contribution in [3.63, 3.8) is 0 Å². The zero-order valence-corrected chi connectivity index (χ0v) is 10.5. The topological polar surface area (TPSA) is 64.4 Å². The van der Waals surface area contributed by atoms with E-state index in [1.807, 2.05) is 6.92 Å². The number of benzene rings is 1. The maximum absolute atomic E-state index is 10.9. The van der Waals surface area contributed by atoms with E-state index >= 15 is 0 Å². The minimum Gasteiger partial charge on any atom is -0.485 e. The van der Waals surface area contributed by atoms with Gasteiger partial charge in [0.15, 0.2) is 5.75 Å². The number of nitro groups is 1. The van der Waals surface area contributed by atoms with E-state index in [0.29, 0.717) is 18.4 Å². The van der Waals surface area contributed by atoms with E-state index in [-0.39, 0.29) is 5.69 Å². The van der Waals surface area contributed by atoms with E-state index in [1.165, 1.54) is 18.9 Å². The van der Waals surface area contributed by atoms with Crippen LogP contribution in [0.4, 0.5) is 5.69 Å². The first-order valence-corrected chi connectivity index (χ1v) is 6.28. The number of rotatable bonds is 4. The van der Waals surface area contributed by atoms with Crippen molar-refractivity contribution in [2.24, 2.45) is 0 Å². The van der Waals surface area contributed by atoms with E-state index in [1.54, 1.807) is 12.1 Å². The lowest BCUT2D eigenvalue weighted by molar-refractivity contribution is -0.385. The normalized spacial score (nSPS) is 19.5. The average molecular weight is 250 g/mol. The number of hydrogen-bond acceptors (Lipinski definition) is 4. The number of piperidine rings is 1. The minimum atomic E-state index is -0.400. The molecular formula is C13H18N2O3. The van der Waals surface area contributed by atoms with Crippen molar-refractivity contribution in [1.82, 2.24) is 5.32 Å². The van der Waals surface area contributed by atoms with Crippen molar-refractivity contribution in [3.8, 4) is 5.75 Å². The van der Waals surface area contributed by atoms with Crippen LogP contribution < -0.4 is 10.1 Å². The summed E-state index contributed by atoms with van der Waals surface area (Å²) >= 11 is 0. The molecule has 0 amide bonds. The number of hydrogen-bond donors (Lipinski definition) is 1. The SMILES string of the molecule is Cc1ccc([N+](=O)[O-])c(OCC2CCCCN2)c1. The molecule has 0 radical (unpaired) electrons. The molecule has 0 aliphatic carbocycles. The molecule has 1 unspecified atom stereocenters. The Bertz CT molecular complexity index is 428. The Morgan fingerprint density at radius 3 is 3.00 bits per heavy atom. The molecule has 5 nitrogen and oxygen atoms in total. The van der Waals surface area contributed by atoms with E-state index < -0.39 is 4.92 Å². The summed E-state index contributed by atoms with van der Waals surface area (Å²) in [5.74, 6) is 0.368. The molecule has 1 heterocycles. The molecule has 18 heavy (non-hydrogen) atoms. The molecule has 1 aromatic rings. The lowest BCUT2D eigenvalue weighted by Crippen LogP contribution is -2.38. The molecule has 0 bridgehead atoms. The van der Waals surface area contributed by atoms with Gasteiger partial charge in [-0.25, -0.2) is 0 Å². The van der Waals surface area contributed by atoms with Crippen molar-refractivity contribution < 1.29 is 9.66 Å². The Balaban J connectivity index is 2.03. The van der Waals surface area contributed by atoms with Crippen LogP contribution in [-0.4, -0.2) is 24.1 Å². The number of nitrogens with zero attached hydrogens (tertiary/aromatic N) is 1. The molecule has 2 rings (SSSR count). The van der Waals surface area contributed by atoms with Gasteiger partial charge < -0.3 is 10.1 Å². The Morgan fingerprint density at radius 2 is 2.33 bits per heavy atom. The van der Waals surface area contributed by atoms with Gasteiger partial charge in [-0.15, -0.1) is 0 Å². The van der Waals surface area contributed by atoms with Crippen LogP contribution >= 0.6 is 0 Å². The van der Waals surface area contributed by atoms with Gasteiger partial charge in [-0.05, 0) is 37.9 Å². The van der Waals surface area contributed by atoms with Gasteiger partial charge in [0.1, 0.15) is 6.61 Å². The van der Waals surface area contributed by atoms with Gasteiger partial charge in [0.25, 0.3) is 0 Å². The summed E-state index contributed by atoms with van der Waals surface area (Å²) < 4.78 is 5.61. The molecule has 1 saturated heterocycles. The Morgan fingerprint density at radius 1 is 1.50 bits per heavy atom. The molecule has 0 saturated carbocycles. The smallest absolute Gasteiger partial charge is 0.310 e. The number of ether oxygens (including phenoxy) is 1. The molecule has 1 aromatic carbocycles. The Hall–Kier alpha value is -1.62. The number of nitro benzene ring substituents is 1. The average Bonchev–Trinajstić information content (AvgIpc) is 2.37. The third-order valence-corrected chi connectivity index (χ3v) is 3.16. The molecule has 1 aliphatic rings. The van der Waals surface area contributed by atoms with Gasteiger partial charge in [-0.1, -0.05) is 12.5 Å². The first kappa shape index (κ1) is 12.8. The Labute approximate surface area is 106 Å². The summed E-state index contributed by atoms with van der Waals surface area (Å²) in [6, 6.07) is 5.25. The van der Waals surface area contributed by atoms with Crippen LogP contribution in [0.1, 0.15) is 24.8 Å². The third kappa shape index (κ3) is 3.20.